The predicted octanol–water partition coefficient (Wildman–Crippen LogP) is 1.88. The minimum absolute atomic E-state index is 0.0391. The summed E-state index contributed by atoms with van der Waals surface area (Å²) in [6.45, 7) is 6.42. The van der Waals surface area contributed by atoms with Gasteiger partial charge in [-0.05, 0) is 30.9 Å². The molecule has 1 atom stereocenters. The molecule has 0 bridgehead atoms. The molecular weight excluding hydrogens is 352 g/mol. The first-order chi connectivity index (χ1) is 12.4. The van der Waals surface area contributed by atoms with Crippen LogP contribution in [0.2, 0.25) is 0 Å². The summed E-state index contributed by atoms with van der Waals surface area (Å²) in [5, 5.41) is 0. The number of amides is 1. The number of carbonyl (C=O) groups excluding carboxylic acids is 1. The summed E-state index contributed by atoms with van der Waals surface area (Å²) in [7, 11) is -3.40. The monoisotopic (exact) mass is 380 g/mol. The molecule has 0 aliphatic carbocycles. The van der Waals surface area contributed by atoms with E-state index < -0.39 is 10.0 Å². The van der Waals surface area contributed by atoms with Crippen LogP contribution in [0.1, 0.15) is 42.5 Å². The van der Waals surface area contributed by atoms with Crippen LogP contribution in [0.5, 0.6) is 0 Å². The zero-order chi connectivity index (χ0) is 18.7. The lowest BCUT2D eigenvalue weighted by Gasteiger charge is -2.37. The Balaban J connectivity index is 1.67. The maximum atomic E-state index is 12.8. The van der Waals surface area contributed by atoms with Gasteiger partial charge in [0.2, 0.25) is 15.9 Å². The molecule has 2 aliphatic heterocycles. The molecule has 6 nitrogen and oxygen atoms in total. The fourth-order valence-electron chi connectivity index (χ4n) is 3.89. The molecule has 1 aromatic rings. The van der Waals surface area contributed by atoms with Crippen molar-refractivity contribution in [3.8, 4) is 0 Å². The van der Waals surface area contributed by atoms with Gasteiger partial charge in [0.05, 0.1) is 25.0 Å². The molecule has 144 valence electrons. The number of benzene rings is 1. The third-order valence-corrected chi connectivity index (χ3v) is 7.17. The number of fused-ring (bicyclic) bond motifs is 1. The van der Waals surface area contributed by atoms with Gasteiger partial charge in [0, 0.05) is 26.1 Å². The number of morpholine rings is 1. The first-order valence-corrected chi connectivity index (χ1v) is 11.0. The lowest BCUT2D eigenvalue weighted by molar-refractivity contribution is -0.133. The molecule has 2 aliphatic rings. The van der Waals surface area contributed by atoms with E-state index in [1.165, 1.54) is 21.0 Å². The van der Waals surface area contributed by atoms with Crippen molar-refractivity contribution >= 4 is 15.9 Å². The molecule has 0 radical (unpaired) electrons. The summed E-state index contributed by atoms with van der Waals surface area (Å²) in [5.41, 5.74) is 3.74. The van der Waals surface area contributed by atoms with Gasteiger partial charge in [-0.2, -0.15) is 4.31 Å². The maximum Gasteiger partial charge on any atom is 0.224 e. The van der Waals surface area contributed by atoms with Gasteiger partial charge in [-0.25, -0.2) is 8.42 Å². The molecule has 0 saturated carbocycles. The molecule has 26 heavy (non-hydrogen) atoms. The second-order valence-corrected chi connectivity index (χ2v) is 9.13. The van der Waals surface area contributed by atoms with Crippen LogP contribution in [-0.2, 0) is 26.0 Å². The Morgan fingerprint density at radius 1 is 1.23 bits per heavy atom. The summed E-state index contributed by atoms with van der Waals surface area (Å²) in [6.07, 6.45) is 1.70. The van der Waals surface area contributed by atoms with Crippen LogP contribution >= 0.6 is 0 Å². The van der Waals surface area contributed by atoms with E-state index in [2.05, 4.69) is 32.0 Å². The minimum atomic E-state index is -3.40. The fraction of sp³-hybridized carbons (Fsp3) is 0.632. The van der Waals surface area contributed by atoms with Crippen LogP contribution < -0.4 is 0 Å². The molecule has 2 heterocycles. The summed E-state index contributed by atoms with van der Waals surface area (Å²) in [5.74, 6) is -0.195. The first-order valence-electron chi connectivity index (χ1n) is 9.37. The van der Waals surface area contributed by atoms with Crippen molar-refractivity contribution < 1.29 is 17.9 Å². The van der Waals surface area contributed by atoms with Gasteiger partial charge in [-0.15, -0.1) is 0 Å². The third-order valence-electron chi connectivity index (χ3n) is 5.30. The zero-order valence-corrected chi connectivity index (χ0v) is 16.4. The van der Waals surface area contributed by atoms with Crippen molar-refractivity contribution in [3.05, 3.63) is 34.9 Å². The van der Waals surface area contributed by atoms with Crippen molar-refractivity contribution in [1.29, 1.82) is 0 Å². The van der Waals surface area contributed by atoms with Crippen molar-refractivity contribution in [2.24, 2.45) is 0 Å². The Kier molecular flexibility index (Phi) is 5.99. The average Bonchev–Trinajstić information content (AvgIpc) is 2.65. The van der Waals surface area contributed by atoms with Crippen LogP contribution in [0.3, 0.4) is 0 Å². The second-order valence-electron chi connectivity index (χ2n) is 7.04. The molecular formula is C19H28N2O4S. The van der Waals surface area contributed by atoms with Gasteiger partial charge in [-0.3, -0.25) is 4.79 Å². The average molecular weight is 381 g/mol. The Morgan fingerprint density at radius 3 is 2.65 bits per heavy atom. The highest BCUT2D eigenvalue weighted by Gasteiger charge is 2.31. The Bertz CT molecular complexity index is 757. The lowest BCUT2D eigenvalue weighted by Crippen LogP contribution is -2.44. The smallest absolute Gasteiger partial charge is 0.224 e. The number of nitrogens with zero attached hydrogens (tertiary/aromatic N) is 2. The van der Waals surface area contributed by atoms with E-state index in [0.29, 0.717) is 32.8 Å². The van der Waals surface area contributed by atoms with E-state index in [4.69, 9.17) is 4.74 Å². The number of hydrogen-bond acceptors (Lipinski definition) is 4. The van der Waals surface area contributed by atoms with E-state index in [0.717, 1.165) is 12.8 Å². The number of rotatable bonds is 5. The van der Waals surface area contributed by atoms with Crippen LogP contribution in [0.4, 0.5) is 0 Å². The molecule has 0 spiro atoms. The summed E-state index contributed by atoms with van der Waals surface area (Å²) in [4.78, 5) is 14.7. The highest BCUT2D eigenvalue weighted by Crippen LogP contribution is 2.33. The molecule has 0 aromatic heterocycles. The molecule has 1 unspecified atom stereocenters. The topological polar surface area (TPSA) is 66.9 Å². The van der Waals surface area contributed by atoms with Gasteiger partial charge in [-0.1, -0.05) is 30.7 Å². The van der Waals surface area contributed by atoms with Crippen molar-refractivity contribution in [2.45, 2.75) is 39.2 Å². The predicted molar refractivity (Wildman–Crippen MR) is 100 cm³/mol. The Morgan fingerprint density at radius 2 is 1.96 bits per heavy atom. The zero-order valence-electron chi connectivity index (χ0n) is 15.6. The Labute approximate surface area is 156 Å². The quantitative estimate of drug-likeness (QED) is 0.782. The van der Waals surface area contributed by atoms with E-state index in [1.54, 1.807) is 0 Å². The number of hydrogen-bond donors (Lipinski definition) is 0. The largest absolute Gasteiger partial charge is 0.379 e. The highest BCUT2D eigenvalue weighted by atomic mass is 32.2. The summed E-state index contributed by atoms with van der Waals surface area (Å²) >= 11 is 0. The number of sulfonamides is 1. The van der Waals surface area contributed by atoms with Gasteiger partial charge < -0.3 is 9.64 Å². The van der Waals surface area contributed by atoms with Crippen molar-refractivity contribution in [3.63, 3.8) is 0 Å². The minimum Gasteiger partial charge on any atom is -0.379 e. The molecule has 1 saturated heterocycles. The van der Waals surface area contributed by atoms with E-state index in [1.807, 2.05) is 4.90 Å². The summed E-state index contributed by atoms with van der Waals surface area (Å²) in [6, 6.07) is 6.43. The maximum absolute atomic E-state index is 12.8. The van der Waals surface area contributed by atoms with E-state index in [-0.39, 0.29) is 24.1 Å². The van der Waals surface area contributed by atoms with Crippen molar-refractivity contribution in [2.75, 3.05) is 38.6 Å². The Hall–Kier alpha value is -1.44. The van der Waals surface area contributed by atoms with Crippen LogP contribution in [-0.4, -0.2) is 62.1 Å². The van der Waals surface area contributed by atoms with Crippen LogP contribution in [0.15, 0.2) is 18.2 Å². The standard InChI is InChI=1S/C19H28N2O4S/c1-3-18-17-5-4-15(2)14-16(17)6-8-21(18)19(22)7-13-26(23,24)20-9-11-25-12-10-20/h4-5,14,18H,3,6-13H2,1-2H3. The third kappa shape index (κ3) is 4.10. The highest BCUT2D eigenvalue weighted by molar-refractivity contribution is 7.89. The van der Waals surface area contributed by atoms with E-state index >= 15 is 0 Å². The van der Waals surface area contributed by atoms with Crippen molar-refractivity contribution in [1.82, 2.24) is 9.21 Å². The number of aryl methyl sites for hydroxylation is 1. The SMILES string of the molecule is CCC1c2ccc(C)cc2CCN1C(=O)CCS(=O)(=O)N1CCOCC1. The molecule has 3 rings (SSSR count). The van der Waals surface area contributed by atoms with E-state index in [9.17, 15) is 13.2 Å². The molecule has 0 N–H and O–H groups in total. The molecule has 1 amide bonds. The fourth-order valence-corrected chi connectivity index (χ4v) is 5.29. The van der Waals surface area contributed by atoms with Gasteiger partial charge in [0.15, 0.2) is 0 Å². The molecule has 1 aromatic carbocycles. The first kappa shape index (κ1) is 19.3. The van der Waals surface area contributed by atoms with Gasteiger partial charge in [0.1, 0.15) is 0 Å². The normalized spacial score (nSPS) is 21.5. The second kappa shape index (κ2) is 8.06. The summed E-state index contributed by atoms with van der Waals surface area (Å²) < 4.78 is 31.6. The van der Waals surface area contributed by atoms with Gasteiger partial charge in [0.25, 0.3) is 0 Å². The number of carbonyl (C=O) groups is 1. The van der Waals surface area contributed by atoms with Crippen LogP contribution in [0.25, 0.3) is 0 Å². The van der Waals surface area contributed by atoms with Crippen LogP contribution in [0, 0.1) is 6.92 Å². The lowest BCUT2D eigenvalue weighted by atomic mass is 9.89. The molecule has 1 fully saturated rings. The molecule has 7 heteroatoms. The number of ether oxygens (including phenoxy) is 1. The van der Waals surface area contributed by atoms with Gasteiger partial charge >= 0.3 is 0 Å².